The van der Waals surface area contributed by atoms with Crippen molar-refractivity contribution in [3.05, 3.63) is 51.8 Å². The standard InChI is InChI=1S/C15H17ClN2O2S/c1-9-7-10(2)12(4)15(11(9)3)21(19,20)18-13-5-6-14(16)17-8-13/h5-8,18H,1-4H3. The summed E-state index contributed by atoms with van der Waals surface area (Å²) in [5.41, 5.74) is 3.80. The molecule has 0 unspecified atom stereocenters. The van der Waals surface area contributed by atoms with Gasteiger partial charge in [-0.25, -0.2) is 13.4 Å². The number of aromatic nitrogens is 1. The molecule has 0 aliphatic carbocycles. The Balaban J connectivity index is 2.52. The van der Waals surface area contributed by atoms with E-state index in [-0.39, 0.29) is 0 Å². The van der Waals surface area contributed by atoms with E-state index in [1.54, 1.807) is 12.1 Å². The number of benzene rings is 1. The number of hydrogen-bond acceptors (Lipinski definition) is 3. The van der Waals surface area contributed by atoms with Gasteiger partial charge in [0.05, 0.1) is 16.8 Å². The van der Waals surface area contributed by atoms with Gasteiger partial charge in [-0.3, -0.25) is 4.72 Å². The predicted molar refractivity (Wildman–Crippen MR) is 85.4 cm³/mol. The molecular weight excluding hydrogens is 308 g/mol. The van der Waals surface area contributed by atoms with Crippen LogP contribution in [0.4, 0.5) is 5.69 Å². The van der Waals surface area contributed by atoms with Crippen LogP contribution in [-0.4, -0.2) is 13.4 Å². The second kappa shape index (κ2) is 5.66. The van der Waals surface area contributed by atoms with Gasteiger partial charge < -0.3 is 0 Å². The molecule has 112 valence electrons. The van der Waals surface area contributed by atoms with Crippen LogP contribution in [-0.2, 0) is 10.0 Å². The van der Waals surface area contributed by atoms with Crippen molar-refractivity contribution in [3.8, 4) is 0 Å². The summed E-state index contributed by atoms with van der Waals surface area (Å²) in [5, 5.41) is 0.316. The molecule has 0 spiro atoms. The van der Waals surface area contributed by atoms with Gasteiger partial charge >= 0.3 is 0 Å². The number of anilines is 1. The number of hydrogen-bond donors (Lipinski definition) is 1. The Hall–Kier alpha value is -1.59. The van der Waals surface area contributed by atoms with Crippen molar-refractivity contribution in [3.63, 3.8) is 0 Å². The highest BCUT2D eigenvalue weighted by molar-refractivity contribution is 7.92. The van der Waals surface area contributed by atoms with Gasteiger partial charge in [-0.05, 0) is 62.1 Å². The minimum absolute atomic E-state index is 0.316. The Morgan fingerprint density at radius 1 is 1.05 bits per heavy atom. The third-order valence-electron chi connectivity index (χ3n) is 3.55. The first-order valence-electron chi connectivity index (χ1n) is 6.44. The van der Waals surface area contributed by atoms with E-state index in [0.29, 0.717) is 15.7 Å². The Kier molecular flexibility index (Phi) is 4.25. The van der Waals surface area contributed by atoms with E-state index >= 15 is 0 Å². The Bertz CT molecular complexity index is 758. The lowest BCUT2D eigenvalue weighted by Crippen LogP contribution is -2.17. The largest absolute Gasteiger partial charge is 0.278 e. The average molecular weight is 325 g/mol. The summed E-state index contributed by atoms with van der Waals surface area (Å²) in [6.45, 7) is 7.45. The van der Waals surface area contributed by atoms with Crippen molar-refractivity contribution in [2.75, 3.05) is 4.72 Å². The monoisotopic (exact) mass is 324 g/mol. The summed E-state index contributed by atoms with van der Waals surface area (Å²) >= 11 is 5.70. The highest BCUT2D eigenvalue weighted by atomic mass is 35.5. The van der Waals surface area contributed by atoms with E-state index in [4.69, 9.17) is 11.6 Å². The molecule has 6 heteroatoms. The summed E-state index contributed by atoms with van der Waals surface area (Å²) in [6.07, 6.45) is 1.40. The van der Waals surface area contributed by atoms with Gasteiger partial charge in [0.2, 0.25) is 0 Å². The molecule has 0 radical (unpaired) electrons. The predicted octanol–water partition coefficient (Wildman–Crippen LogP) is 3.77. The fourth-order valence-electron chi connectivity index (χ4n) is 2.23. The molecule has 0 saturated heterocycles. The van der Waals surface area contributed by atoms with E-state index in [9.17, 15) is 8.42 Å². The molecule has 0 bridgehead atoms. The molecule has 0 atom stereocenters. The molecular formula is C15H17ClN2O2S. The van der Waals surface area contributed by atoms with Crippen LogP contribution < -0.4 is 4.72 Å². The third-order valence-corrected chi connectivity index (χ3v) is 5.42. The van der Waals surface area contributed by atoms with Crippen molar-refractivity contribution in [1.82, 2.24) is 4.98 Å². The first-order chi connectivity index (χ1) is 9.72. The Morgan fingerprint density at radius 2 is 1.62 bits per heavy atom. The first kappa shape index (κ1) is 15.8. The fourth-order valence-corrected chi connectivity index (χ4v) is 4.00. The maximum Gasteiger partial charge on any atom is 0.262 e. The molecule has 0 saturated carbocycles. The van der Waals surface area contributed by atoms with Crippen molar-refractivity contribution < 1.29 is 8.42 Å². The minimum atomic E-state index is -3.67. The molecule has 2 aromatic rings. The van der Waals surface area contributed by atoms with Crippen LogP contribution >= 0.6 is 11.6 Å². The van der Waals surface area contributed by atoms with E-state index in [0.717, 1.165) is 22.3 Å². The fraction of sp³-hybridized carbons (Fsp3) is 0.267. The summed E-state index contributed by atoms with van der Waals surface area (Å²) in [6, 6.07) is 5.12. The SMILES string of the molecule is Cc1cc(C)c(C)c(S(=O)(=O)Nc2ccc(Cl)nc2)c1C. The van der Waals surface area contributed by atoms with Crippen LogP contribution in [0.3, 0.4) is 0 Å². The van der Waals surface area contributed by atoms with Gasteiger partial charge in [-0.1, -0.05) is 17.7 Å². The summed E-state index contributed by atoms with van der Waals surface area (Å²) in [7, 11) is -3.67. The normalized spacial score (nSPS) is 11.5. The number of halogens is 1. The highest BCUT2D eigenvalue weighted by Crippen LogP contribution is 2.27. The number of rotatable bonds is 3. The van der Waals surface area contributed by atoms with E-state index in [1.165, 1.54) is 6.20 Å². The molecule has 1 heterocycles. The number of pyridine rings is 1. The zero-order valence-electron chi connectivity index (χ0n) is 12.4. The number of sulfonamides is 1. The number of aryl methyl sites for hydroxylation is 2. The smallest absolute Gasteiger partial charge is 0.262 e. The van der Waals surface area contributed by atoms with Crippen LogP contribution in [0.5, 0.6) is 0 Å². The van der Waals surface area contributed by atoms with Gasteiger partial charge in [0.15, 0.2) is 0 Å². The van der Waals surface area contributed by atoms with Crippen LogP contribution in [0.1, 0.15) is 22.3 Å². The topological polar surface area (TPSA) is 59.1 Å². The van der Waals surface area contributed by atoms with Crippen LogP contribution in [0, 0.1) is 27.7 Å². The summed E-state index contributed by atoms with van der Waals surface area (Å²) in [5.74, 6) is 0. The van der Waals surface area contributed by atoms with E-state index < -0.39 is 10.0 Å². The van der Waals surface area contributed by atoms with Gasteiger partial charge in [-0.15, -0.1) is 0 Å². The highest BCUT2D eigenvalue weighted by Gasteiger charge is 2.22. The maximum atomic E-state index is 12.7. The van der Waals surface area contributed by atoms with Crippen molar-refractivity contribution in [1.29, 1.82) is 0 Å². The Labute approximate surface area is 130 Å². The molecule has 1 aromatic carbocycles. The lowest BCUT2D eigenvalue weighted by Gasteiger charge is -2.16. The maximum absolute atomic E-state index is 12.7. The van der Waals surface area contributed by atoms with Crippen LogP contribution in [0.25, 0.3) is 0 Å². The van der Waals surface area contributed by atoms with Crippen LogP contribution in [0.2, 0.25) is 5.15 Å². The van der Waals surface area contributed by atoms with Gasteiger partial charge in [0.25, 0.3) is 10.0 Å². The molecule has 0 amide bonds. The first-order valence-corrected chi connectivity index (χ1v) is 8.30. The van der Waals surface area contributed by atoms with Crippen molar-refractivity contribution in [2.45, 2.75) is 32.6 Å². The minimum Gasteiger partial charge on any atom is -0.278 e. The molecule has 0 fully saturated rings. The van der Waals surface area contributed by atoms with Gasteiger partial charge in [0.1, 0.15) is 5.15 Å². The van der Waals surface area contributed by atoms with Gasteiger partial charge in [-0.2, -0.15) is 0 Å². The van der Waals surface area contributed by atoms with Crippen molar-refractivity contribution >= 4 is 27.3 Å². The lowest BCUT2D eigenvalue weighted by atomic mass is 10.0. The lowest BCUT2D eigenvalue weighted by molar-refractivity contribution is 0.599. The van der Waals surface area contributed by atoms with E-state index in [1.807, 2.05) is 33.8 Å². The molecule has 1 aromatic heterocycles. The third kappa shape index (κ3) is 3.19. The molecule has 0 aliphatic heterocycles. The summed E-state index contributed by atoms with van der Waals surface area (Å²) < 4.78 is 27.9. The second-order valence-corrected chi connectivity index (χ2v) is 7.07. The van der Waals surface area contributed by atoms with Crippen LogP contribution in [0.15, 0.2) is 29.3 Å². The quantitative estimate of drug-likeness (QED) is 0.874. The molecule has 1 N–H and O–H groups in total. The summed E-state index contributed by atoms with van der Waals surface area (Å²) in [4.78, 5) is 4.20. The zero-order chi connectivity index (χ0) is 15.8. The Morgan fingerprint density at radius 3 is 2.10 bits per heavy atom. The molecule has 21 heavy (non-hydrogen) atoms. The zero-order valence-corrected chi connectivity index (χ0v) is 13.9. The molecule has 4 nitrogen and oxygen atoms in total. The molecule has 2 rings (SSSR count). The average Bonchev–Trinajstić information content (AvgIpc) is 2.39. The van der Waals surface area contributed by atoms with E-state index in [2.05, 4.69) is 9.71 Å². The number of nitrogens with one attached hydrogen (secondary N) is 1. The van der Waals surface area contributed by atoms with Crippen molar-refractivity contribution in [2.24, 2.45) is 0 Å². The second-order valence-electron chi connectivity index (χ2n) is 5.06. The number of nitrogens with zero attached hydrogens (tertiary/aromatic N) is 1. The van der Waals surface area contributed by atoms with Gasteiger partial charge in [0, 0.05) is 0 Å². The molecule has 0 aliphatic rings.